The van der Waals surface area contributed by atoms with Crippen LogP contribution in [0.2, 0.25) is 0 Å². The Morgan fingerprint density at radius 3 is 2.61 bits per heavy atom. The lowest BCUT2D eigenvalue weighted by Crippen LogP contribution is -2.39. The van der Waals surface area contributed by atoms with Gasteiger partial charge in [-0.05, 0) is 44.5 Å². The van der Waals surface area contributed by atoms with E-state index >= 15 is 0 Å². The van der Waals surface area contributed by atoms with Crippen LogP contribution in [0.5, 0.6) is 11.5 Å². The van der Waals surface area contributed by atoms with Crippen molar-refractivity contribution in [3.05, 3.63) is 72.6 Å². The quantitative estimate of drug-likeness (QED) is 0.429. The number of allylic oxidation sites excluding steroid dienone is 1. The maximum Gasteiger partial charge on any atom is 0.338 e. The van der Waals surface area contributed by atoms with Crippen molar-refractivity contribution in [3.8, 4) is 11.5 Å². The van der Waals surface area contributed by atoms with E-state index in [2.05, 4.69) is 4.99 Å². The van der Waals surface area contributed by atoms with Crippen LogP contribution in [0.3, 0.4) is 0 Å². The molecule has 0 unspecified atom stereocenters. The number of rotatable bonds is 8. The summed E-state index contributed by atoms with van der Waals surface area (Å²) < 4.78 is 24.3. The number of thiazole rings is 1. The topological polar surface area (TPSA) is 95.5 Å². The number of anilines is 1. The second kappa shape index (κ2) is 10.4. The first kappa shape index (κ1) is 25.3. The van der Waals surface area contributed by atoms with Gasteiger partial charge in [0.25, 0.3) is 5.56 Å². The summed E-state index contributed by atoms with van der Waals surface area (Å²) in [6, 6.07) is 8.26. The molecule has 3 aromatic rings. The van der Waals surface area contributed by atoms with E-state index in [1.807, 2.05) is 38.1 Å². The maximum atomic E-state index is 13.7. The number of carbonyl (C=O) groups excluding carboxylic acids is 1. The smallest absolute Gasteiger partial charge is 0.338 e. The number of hydrogen-bond acceptors (Lipinski definition) is 9. The lowest BCUT2D eigenvalue weighted by Gasteiger charge is -2.25. The molecule has 1 aromatic carbocycles. The van der Waals surface area contributed by atoms with Crippen molar-refractivity contribution >= 4 is 29.3 Å². The normalized spacial score (nSPS) is 15.4. The largest absolute Gasteiger partial charge is 0.493 e. The minimum atomic E-state index is -0.749. The zero-order valence-corrected chi connectivity index (χ0v) is 22.0. The molecule has 0 aliphatic carbocycles. The van der Waals surface area contributed by atoms with E-state index in [0.29, 0.717) is 55.9 Å². The molecule has 9 nitrogen and oxygen atoms in total. The summed E-state index contributed by atoms with van der Waals surface area (Å²) in [5.41, 5.74) is 1.19. The average molecular weight is 512 g/mol. The summed E-state index contributed by atoms with van der Waals surface area (Å²) in [6.45, 7) is 6.00. The van der Waals surface area contributed by atoms with Crippen molar-refractivity contribution in [2.75, 3.05) is 39.3 Å². The van der Waals surface area contributed by atoms with Gasteiger partial charge in [-0.25, -0.2) is 9.79 Å². The molecule has 0 bridgehead atoms. The van der Waals surface area contributed by atoms with E-state index in [1.165, 1.54) is 15.9 Å². The Labute approximate surface area is 212 Å². The first-order valence-electron chi connectivity index (χ1n) is 11.6. The van der Waals surface area contributed by atoms with E-state index in [0.717, 1.165) is 0 Å². The van der Waals surface area contributed by atoms with Gasteiger partial charge >= 0.3 is 5.97 Å². The number of aromatic nitrogens is 1. The Kier molecular flexibility index (Phi) is 7.35. The number of furan rings is 1. The molecule has 0 saturated carbocycles. The number of fused-ring (bicyclic) bond motifs is 1. The van der Waals surface area contributed by atoms with Crippen molar-refractivity contribution in [2.45, 2.75) is 26.8 Å². The number of ether oxygens (including phenoxy) is 3. The van der Waals surface area contributed by atoms with Gasteiger partial charge in [-0.2, -0.15) is 0 Å². The lowest BCUT2D eigenvalue weighted by molar-refractivity contribution is -0.139. The van der Waals surface area contributed by atoms with Crippen LogP contribution >= 0.6 is 11.3 Å². The van der Waals surface area contributed by atoms with Crippen molar-refractivity contribution in [1.82, 2.24) is 4.57 Å². The number of carbonyl (C=O) groups is 1. The first-order chi connectivity index (χ1) is 17.3. The molecule has 0 fully saturated rings. The van der Waals surface area contributed by atoms with Crippen molar-refractivity contribution in [1.29, 1.82) is 0 Å². The minimum absolute atomic E-state index is 0.201. The predicted molar refractivity (Wildman–Crippen MR) is 138 cm³/mol. The highest BCUT2D eigenvalue weighted by Gasteiger charge is 2.34. The van der Waals surface area contributed by atoms with Crippen molar-refractivity contribution in [2.24, 2.45) is 4.99 Å². The molecule has 0 saturated heterocycles. The summed E-state index contributed by atoms with van der Waals surface area (Å²) in [4.78, 5) is 33.7. The van der Waals surface area contributed by atoms with Gasteiger partial charge in [0.2, 0.25) is 0 Å². The van der Waals surface area contributed by atoms with E-state index in [-0.39, 0.29) is 12.2 Å². The number of esters is 1. The molecule has 0 radical (unpaired) electrons. The van der Waals surface area contributed by atoms with Crippen LogP contribution in [0, 0.1) is 0 Å². The third-order valence-corrected chi connectivity index (χ3v) is 6.63. The zero-order valence-electron chi connectivity index (χ0n) is 21.2. The molecule has 2 aromatic heterocycles. The fraction of sp³-hybridized carbons (Fsp3) is 0.346. The Morgan fingerprint density at radius 1 is 1.19 bits per heavy atom. The highest BCUT2D eigenvalue weighted by Crippen LogP contribution is 2.36. The van der Waals surface area contributed by atoms with Crippen LogP contribution in [0.25, 0.3) is 6.08 Å². The first-order valence-corrected chi connectivity index (χ1v) is 12.4. The number of nitrogens with zero attached hydrogens (tertiary/aromatic N) is 3. The van der Waals surface area contributed by atoms with Crippen LogP contribution < -0.4 is 29.3 Å². The van der Waals surface area contributed by atoms with Gasteiger partial charge in [-0.3, -0.25) is 9.36 Å². The summed E-state index contributed by atoms with van der Waals surface area (Å²) >= 11 is 1.24. The number of hydrogen-bond donors (Lipinski definition) is 0. The number of benzene rings is 1. The molecule has 0 amide bonds. The molecule has 3 heterocycles. The van der Waals surface area contributed by atoms with Crippen LogP contribution in [-0.4, -0.2) is 45.0 Å². The van der Waals surface area contributed by atoms with Gasteiger partial charge in [0.05, 0.1) is 42.2 Å². The van der Waals surface area contributed by atoms with Gasteiger partial charge < -0.3 is 23.5 Å². The molecule has 0 N–H and O–H groups in total. The molecule has 0 spiro atoms. The average Bonchev–Trinajstić information content (AvgIpc) is 3.43. The molecule has 4 rings (SSSR count). The number of methoxy groups -OCH3 is 1. The Hall–Kier alpha value is -3.79. The van der Waals surface area contributed by atoms with E-state index < -0.39 is 12.0 Å². The van der Waals surface area contributed by atoms with Gasteiger partial charge in [0.15, 0.2) is 22.2 Å². The third-order valence-electron chi connectivity index (χ3n) is 5.65. The molecular formula is C26H29N3O6S. The summed E-state index contributed by atoms with van der Waals surface area (Å²) in [7, 11) is 5.31. The minimum Gasteiger partial charge on any atom is -0.493 e. The SMILES string of the molecule is CCOC(=O)C1=C(C)N=c2s/c(=C\c3ccc(N(C)C)o3)c(=O)n2[C@@H]1c1ccc(OC)c(OCC)c1. The van der Waals surface area contributed by atoms with Gasteiger partial charge in [-0.15, -0.1) is 0 Å². The Bertz CT molecular complexity index is 1490. The second-order valence-corrected chi connectivity index (χ2v) is 9.23. The highest BCUT2D eigenvalue weighted by molar-refractivity contribution is 7.07. The fourth-order valence-electron chi connectivity index (χ4n) is 4.03. The van der Waals surface area contributed by atoms with Crippen LogP contribution in [0.1, 0.15) is 38.1 Å². The molecule has 1 aliphatic heterocycles. The summed E-state index contributed by atoms with van der Waals surface area (Å²) in [5.74, 6) is 1.78. The van der Waals surface area contributed by atoms with Crippen LogP contribution in [-0.2, 0) is 9.53 Å². The van der Waals surface area contributed by atoms with Crippen molar-refractivity contribution in [3.63, 3.8) is 0 Å². The predicted octanol–water partition coefficient (Wildman–Crippen LogP) is 2.86. The molecule has 10 heteroatoms. The van der Waals surface area contributed by atoms with Crippen LogP contribution in [0.4, 0.5) is 5.88 Å². The molecular weight excluding hydrogens is 482 g/mol. The summed E-state index contributed by atoms with van der Waals surface area (Å²) in [5, 5.41) is 0. The second-order valence-electron chi connectivity index (χ2n) is 8.22. The molecule has 1 aliphatic rings. The molecule has 1 atom stereocenters. The lowest BCUT2D eigenvalue weighted by atomic mass is 9.95. The van der Waals surface area contributed by atoms with Gasteiger partial charge in [-0.1, -0.05) is 17.4 Å². The van der Waals surface area contributed by atoms with Crippen molar-refractivity contribution < 1.29 is 23.4 Å². The van der Waals surface area contributed by atoms with Gasteiger partial charge in [0.1, 0.15) is 5.76 Å². The Balaban J connectivity index is 1.94. The maximum absolute atomic E-state index is 13.7. The van der Waals surface area contributed by atoms with E-state index in [9.17, 15) is 9.59 Å². The fourth-order valence-corrected chi connectivity index (χ4v) is 5.05. The van der Waals surface area contributed by atoms with E-state index in [1.54, 1.807) is 45.2 Å². The van der Waals surface area contributed by atoms with E-state index in [4.69, 9.17) is 18.6 Å². The monoisotopic (exact) mass is 511 g/mol. The molecule has 36 heavy (non-hydrogen) atoms. The van der Waals surface area contributed by atoms with Gasteiger partial charge in [0, 0.05) is 26.2 Å². The van der Waals surface area contributed by atoms with Crippen LogP contribution in [0.15, 0.2) is 55.8 Å². The standard InChI is InChI=1S/C26H29N3O6S/c1-7-33-19-13-16(9-11-18(19)32-6)23-22(25(31)34-8-2)15(3)27-26-29(23)24(30)20(36-26)14-17-10-12-21(35-17)28(4)5/h9-14,23H,7-8H2,1-6H3/b20-14-/t23-/m1/s1. The Morgan fingerprint density at radius 2 is 1.97 bits per heavy atom. The zero-order chi connectivity index (χ0) is 26.0. The third kappa shape index (κ3) is 4.68. The molecule has 190 valence electrons. The summed E-state index contributed by atoms with van der Waals surface area (Å²) in [6.07, 6.45) is 1.69. The highest BCUT2D eigenvalue weighted by atomic mass is 32.1.